The number of nitrogens with zero attached hydrogens (tertiary/aromatic N) is 2. The fourth-order valence-electron chi connectivity index (χ4n) is 3.12. The molecular weight excluding hydrogens is 450 g/mol. The van der Waals surface area contributed by atoms with Crippen LogP contribution in [0.15, 0.2) is 48.5 Å². The second kappa shape index (κ2) is 10.8. The van der Waals surface area contributed by atoms with E-state index in [9.17, 15) is 18.0 Å². The molecular formula is C23H30ClN3O4S. The molecule has 2 rings (SSSR count). The van der Waals surface area contributed by atoms with Gasteiger partial charge in [-0.2, -0.15) is 0 Å². The molecule has 7 nitrogen and oxygen atoms in total. The predicted octanol–water partition coefficient (Wildman–Crippen LogP) is 3.36. The van der Waals surface area contributed by atoms with Crippen LogP contribution in [-0.2, 0) is 26.2 Å². The fraction of sp³-hybridized carbons (Fsp3) is 0.391. The number of carbonyl (C=O) groups is 2. The molecule has 9 heteroatoms. The van der Waals surface area contributed by atoms with Crippen LogP contribution in [0.3, 0.4) is 0 Å². The smallest absolute Gasteiger partial charge is 0.244 e. The number of halogens is 1. The highest BCUT2D eigenvalue weighted by molar-refractivity contribution is 7.92. The average molecular weight is 480 g/mol. The number of benzene rings is 2. The lowest BCUT2D eigenvalue weighted by atomic mass is 10.1. The Morgan fingerprint density at radius 3 is 2.22 bits per heavy atom. The SMILES string of the molecule is Cc1ccc(N(CC(=O)N(Cc2ccccc2)C(C)C(=O)NC(C)C)S(C)(=O)=O)cc1Cl. The maximum atomic E-state index is 13.4. The van der Waals surface area contributed by atoms with E-state index in [1.54, 1.807) is 26.0 Å². The third-order valence-corrected chi connectivity index (χ3v) is 6.46. The molecule has 2 aromatic rings. The number of sulfonamides is 1. The van der Waals surface area contributed by atoms with Gasteiger partial charge in [0.1, 0.15) is 12.6 Å². The van der Waals surface area contributed by atoms with Crippen molar-refractivity contribution < 1.29 is 18.0 Å². The molecule has 0 aliphatic heterocycles. The number of hydrogen-bond donors (Lipinski definition) is 1. The number of carbonyl (C=O) groups excluding carboxylic acids is 2. The van der Waals surface area contributed by atoms with Crippen LogP contribution in [0.2, 0.25) is 5.02 Å². The number of nitrogens with one attached hydrogen (secondary N) is 1. The van der Waals surface area contributed by atoms with Crippen molar-refractivity contribution in [3.63, 3.8) is 0 Å². The van der Waals surface area contributed by atoms with Crippen LogP contribution in [-0.4, -0.2) is 50.0 Å². The number of anilines is 1. The third-order valence-electron chi connectivity index (χ3n) is 4.92. The first kappa shape index (κ1) is 25.7. The zero-order valence-corrected chi connectivity index (χ0v) is 20.6. The highest BCUT2D eigenvalue weighted by atomic mass is 35.5. The van der Waals surface area contributed by atoms with Gasteiger partial charge in [-0.1, -0.05) is 48.0 Å². The number of amides is 2. The molecule has 1 N–H and O–H groups in total. The number of hydrogen-bond acceptors (Lipinski definition) is 4. The summed E-state index contributed by atoms with van der Waals surface area (Å²) >= 11 is 6.19. The Morgan fingerprint density at radius 2 is 1.69 bits per heavy atom. The summed E-state index contributed by atoms with van der Waals surface area (Å²) in [6.07, 6.45) is 1.03. The summed E-state index contributed by atoms with van der Waals surface area (Å²) in [6, 6.07) is 13.2. The quantitative estimate of drug-likeness (QED) is 0.597. The van der Waals surface area contributed by atoms with Crippen molar-refractivity contribution in [3.05, 3.63) is 64.7 Å². The van der Waals surface area contributed by atoms with Crippen LogP contribution in [0, 0.1) is 6.92 Å². The minimum absolute atomic E-state index is 0.0964. The fourth-order valence-corrected chi connectivity index (χ4v) is 4.13. The predicted molar refractivity (Wildman–Crippen MR) is 128 cm³/mol. The molecule has 32 heavy (non-hydrogen) atoms. The maximum Gasteiger partial charge on any atom is 0.244 e. The zero-order valence-electron chi connectivity index (χ0n) is 19.0. The lowest BCUT2D eigenvalue weighted by Crippen LogP contribution is -2.52. The van der Waals surface area contributed by atoms with Gasteiger partial charge in [0.2, 0.25) is 21.8 Å². The molecule has 2 aromatic carbocycles. The van der Waals surface area contributed by atoms with Gasteiger partial charge < -0.3 is 10.2 Å². The second-order valence-corrected chi connectivity index (χ2v) is 10.4. The van der Waals surface area contributed by atoms with Crippen LogP contribution >= 0.6 is 11.6 Å². The van der Waals surface area contributed by atoms with Crippen molar-refractivity contribution in [3.8, 4) is 0 Å². The van der Waals surface area contributed by atoms with E-state index in [2.05, 4.69) is 5.32 Å². The Balaban J connectivity index is 2.38. The van der Waals surface area contributed by atoms with Crippen LogP contribution in [0.4, 0.5) is 5.69 Å². The molecule has 174 valence electrons. The van der Waals surface area contributed by atoms with E-state index < -0.39 is 28.5 Å². The van der Waals surface area contributed by atoms with Crippen LogP contribution in [0.25, 0.3) is 0 Å². The summed E-state index contributed by atoms with van der Waals surface area (Å²) in [6.45, 7) is 6.81. The Labute approximate surface area is 195 Å². The Hall–Kier alpha value is -2.58. The molecule has 0 fully saturated rings. The topological polar surface area (TPSA) is 86.8 Å². The van der Waals surface area contributed by atoms with Gasteiger partial charge in [0.25, 0.3) is 0 Å². The monoisotopic (exact) mass is 479 g/mol. The maximum absolute atomic E-state index is 13.4. The standard InChI is InChI=1S/C23H30ClN3O4S/c1-16(2)25-23(29)18(4)26(14-19-9-7-6-8-10-19)22(28)15-27(32(5,30)31)20-12-11-17(3)21(24)13-20/h6-13,16,18H,14-15H2,1-5H3,(H,25,29). The van der Waals surface area contributed by atoms with Gasteiger partial charge in [-0.05, 0) is 51.0 Å². The van der Waals surface area contributed by atoms with E-state index in [0.717, 1.165) is 21.7 Å². The molecule has 0 radical (unpaired) electrons. The zero-order chi connectivity index (χ0) is 24.1. The highest BCUT2D eigenvalue weighted by Gasteiger charge is 2.30. The minimum Gasteiger partial charge on any atom is -0.352 e. The normalized spacial score (nSPS) is 12.3. The van der Waals surface area contributed by atoms with Crippen molar-refractivity contribution >= 4 is 39.1 Å². The van der Waals surface area contributed by atoms with Gasteiger partial charge in [-0.3, -0.25) is 13.9 Å². The van der Waals surface area contributed by atoms with Gasteiger partial charge in [0, 0.05) is 17.6 Å². The first-order valence-electron chi connectivity index (χ1n) is 10.3. The largest absolute Gasteiger partial charge is 0.352 e. The first-order valence-corrected chi connectivity index (χ1v) is 12.5. The summed E-state index contributed by atoms with van der Waals surface area (Å²) in [7, 11) is -3.79. The van der Waals surface area contributed by atoms with Crippen molar-refractivity contribution in [2.24, 2.45) is 0 Å². The Bertz CT molecular complexity index is 1060. The molecule has 0 aliphatic rings. The summed E-state index contributed by atoms with van der Waals surface area (Å²) in [5.41, 5.74) is 1.91. The molecule has 0 saturated carbocycles. The van der Waals surface area contributed by atoms with E-state index in [4.69, 9.17) is 11.6 Å². The van der Waals surface area contributed by atoms with Gasteiger partial charge in [0.05, 0.1) is 11.9 Å². The summed E-state index contributed by atoms with van der Waals surface area (Å²) in [5.74, 6) is -0.809. The van der Waals surface area contributed by atoms with Crippen LogP contribution < -0.4 is 9.62 Å². The molecule has 0 spiro atoms. The van der Waals surface area contributed by atoms with Crippen LogP contribution in [0.5, 0.6) is 0 Å². The van der Waals surface area contributed by atoms with E-state index in [1.165, 1.54) is 11.0 Å². The van der Waals surface area contributed by atoms with Crippen molar-refractivity contribution in [1.82, 2.24) is 10.2 Å². The molecule has 1 atom stereocenters. The van der Waals surface area contributed by atoms with Crippen LogP contribution in [0.1, 0.15) is 31.9 Å². The highest BCUT2D eigenvalue weighted by Crippen LogP contribution is 2.25. The van der Waals surface area contributed by atoms with Gasteiger partial charge in [-0.15, -0.1) is 0 Å². The van der Waals surface area contributed by atoms with E-state index >= 15 is 0 Å². The Kier molecular flexibility index (Phi) is 8.69. The minimum atomic E-state index is -3.79. The van der Waals surface area contributed by atoms with E-state index in [1.807, 2.05) is 44.2 Å². The summed E-state index contributed by atoms with van der Waals surface area (Å²) in [4.78, 5) is 27.4. The van der Waals surface area contributed by atoms with Crippen molar-refractivity contribution in [2.45, 2.75) is 46.3 Å². The second-order valence-electron chi connectivity index (χ2n) is 8.05. The van der Waals surface area contributed by atoms with Crippen molar-refractivity contribution in [1.29, 1.82) is 0 Å². The molecule has 0 bridgehead atoms. The van der Waals surface area contributed by atoms with Gasteiger partial charge in [-0.25, -0.2) is 8.42 Å². The van der Waals surface area contributed by atoms with Gasteiger partial charge in [0.15, 0.2) is 0 Å². The first-order chi connectivity index (χ1) is 14.9. The van der Waals surface area contributed by atoms with E-state index in [0.29, 0.717) is 5.02 Å². The number of aryl methyl sites for hydroxylation is 1. The molecule has 0 saturated heterocycles. The molecule has 0 aliphatic carbocycles. The lowest BCUT2D eigenvalue weighted by Gasteiger charge is -2.32. The third kappa shape index (κ3) is 6.97. The van der Waals surface area contributed by atoms with Crippen molar-refractivity contribution in [2.75, 3.05) is 17.1 Å². The summed E-state index contributed by atoms with van der Waals surface area (Å²) < 4.78 is 26.1. The van der Waals surface area contributed by atoms with E-state index in [-0.39, 0.29) is 24.2 Å². The molecule has 0 heterocycles. The summed E-state index contributed by atoms with van der Waals surface area (Å²) in [5, 5.41) is 3.21. The van der Waals surface area contributed by atoms with Gasteiger partial charge >= 0.3 is 0 Å². The average Bonchev–Trinajstić information content (AvgIpc) is 2.71. The lowest BCUT2D eigenvalue weighted by molar-refractivity contribution is -0.139. The molecule has 0 aromatic heterocycles. The Morgan fingerprint density at radius 1 is 1.06 bits per heavy atom. The molecule has 1 unspecified atom stereocenters. The number of rotatable bonds is 9. The molecule has 2 amide bonds.